The Morgan fingerprint density at radius 1 is 1.58 bits per heavy atom. The van der Waals surface area contributed by atoms with Crippen molar-refractivity contribution in [3.05, 3.63) is 22.6 Å². The summed E-state index contributed by atoms with van der Waals surface area (Å²) in [5.74, 6) is -0.255. The van der Waals surface area contributed by atoms with Crippen molar-refractivity contribution in [2.24, 2.45) is 0 Å². The van der Waals surface area contributed by atoms with E-state index in [1.54, 1.807) is 6.92 Å². The first kappa shape index (κ1) is 14.0. The van der Waals surface area contributed by atoms with Crippen molar-refractivity contribution in [3.8, 4) is 0 Å². The van der Waals surface area contributed by atoms with E-state index < -0.39 is 0 Å². The first-order valence-corrected chi connectivity index (χ1v) is 7.53. The molecule has 0 bridgehead atoms. The summed E-state index contributed by atoms with van der Waals surface area (Å²) in [6.45, 7) is 4.04. The summed E-state index contributed by atoms with van der Waals surface area (Å²) < 4.78 is 6.87. The minimum Gasteiger partial charge on any atom is -0.465 e. The molecule has 2 aromatic rings. The molecule has 0 saturated carbocycles. The maximum absolute atomic E-state index is 11.7. The number of thioether (sulfide) groups is 1. The quantitative estimate of drug-likeness (QED) is 0.616. The molecule has 0 aliphatic heterocycles. The minimum atomic E-state index is -0.309. The minimum absolute atomic E-state index is 0.225. The maximum atomic E-state index is 11.7. The second kappa shape index (κ2) is 6.16. The number of rotatable bonds is 5. The fourth-order valence-corrected chi connectivity index (χ4v) is 3.51. The predicted molar refractivity (Wildman–Crippen MR) is 73.7 cm³/mol. The van der Waals surface area contributed by atoms with Crippen LogP contribution in [0.3, 0.4) is 0 Å². The number of hydrogen-bond acceptors (Lipinski definition) is 7. The van der Waals surface area contributed by atoms with Gasteiger partial charge >= 0.3 is 5.97 Å². The van der Waals surface area contributed by atoms with Crippen LogP contribution in [0, 0.1) is 0 Å². The van der Waals surface area contributed by atoms with Crippen LogP contribution < -0.4 is 5.56 Å². The van der Waals surface area contributed by atoms with Crippen molar-refractivity contribution >= 4 is 34.0 Å². The summed E-state index contributed by atoms with van der Waals surface area (Å²) in [6.07, 6.45) is 2.09. The summed E-state index contributed by atoms with van der Waals surface area (Å²) >= 11 is 2.59. The third-order valence-corrected chi connectivity index (χ3v) is 4.67. The van der Waals surface area contributed by atoms with Gasteiger partial charge in [-0.1, -0.05) is 30.0 Å². The monoisotopic (exact) mass is 299 g/mol. The molecule has 0 aliphatic rings. The maximum Gasteiger partial charge on any atom is 0.319 e. The Kier molecular flexibility index (Phi) is 4.54. The van der Waals surface area contributed by atoms with Gasteiger partial charge in [0.05, 0.1) is 6.61 Å². The van der Waals surface area contributed by atoms with Gasteiger partial charge in [0, 0.05) is 12.3 Å². The first-order chi connectivity index (χ1) is 9.15. The highest BCUT2D eigenvalue weighted by molar-refractivity contribution is 8.02. The second-order valence-corrected chi connectivity index (χ2v) is 6.02. The average Bonchev–Trinajstić information content (AvgIpc) is 2.80. The van der Waals surface area contributed by atoms with Crippen LogP contribution >= 0.6 is 23.1 Å². The van der Waals surface area contributed by atoms with E-state index >= 15 is 0 Å². The van der Waals surface area contributed by atoms with E-state index in [2.05, 4.69) is 10.1 Å². The van der Waals surface area contributed by atoms with Crippen molar-refractivity contribution in [2.45, 2.75) is 29.9 Å². The van der Waals surface area contributed by atoms with Crippen LogP contribution in [-0.2, 0) is 9.53 Å². The number of carbonyl (C=O) groups is 1. The van der Waals surface area contributed by atoms with Crippen molar-refractivity contribution in [2.75, 3.05) is 6.61 Å². The smallest absolute Gasteiger partial charge is 0.319 e. The summed E-state index contributed by atoms with van der Waals surface area (Å²) in [6, 6.07) is 1.35. The van der Waals surface area contributed by atoms with E-state index in [1.807, 2.05) is 6.92 Å². The van der Waals surface area contributed by atoms with Crippen molar-refractivity contribution < 1.29 is 9.53 Å². The Hall–Kier alpha value is -1.41. The van der Waals surface area contributed by atoms with Gasteiger partial charge in [0.2, 0.25) is 4.96 Å². The lowest BCUT2D eigenvalue weighted by Gasteiger charge is -2.10. The predicted octanol–water partition coefficient (Wildman–Crippen LogP) is 1.58. The zero-order chi connectivity index (χ0) is 13.8. The second-order valence-electron chi connectivity index (χ2n) is 3.61. The lowest BCUT2D eigenvalue weighted by molar-refractivity contribution is -0.142. The lowest BCUT2D eigenvalue weighted by atomic mass is 10.3. The molecule has 2 rings (SSSR count). The zero-order valence-corrected chi connectivity index (χ0v) is 12.2. The highest BCUT2D eigenvalue weighted by Crippen LogP contribution is 2.29. The molecule has 0 fully saturated rings. The number of hydrogen-bond donors (Lipinski definition) is 0. The third-order valence-electron chi connectivity index (χ3n) is 2.32. The molecular formula is C11H13N3O3S2. The van der Waals surface area contributed by atoms with E-state index in [9.17, 15) is 9.59 Å². The Bertz CT molecular complexity index is 637. The molecule has 0 aliphatic carbocycles. The summed E-state index contributed by atoms with van der Waals surface area (Å²) in [5.41, 5.74) is -0.225. The van der Waals surface area contributed by atoms with Gasteiger partial charge in [-0.05, 0) is 13.3 Å². The standard InChI is InChI=1S/C11H13N3O3S2/c1-3-7(9(16)17-4-2)18-11-13-14-8(15)5-6-12-10(14)19-11/h5-7H,3-4H2,1-2H3. The van der Waals surface area contributed by atoms with Gasteiger partial charge in [-0.15, -0.1) is 5.10 Å². The molecule has 1 unspecified atom stereocenters. The van der Waals surface area contributed by atoms with E-state index in [4.69, 9.17) is 4.74 Å². The molecule has 2 heterocycles. The van der Waals surface area contributed by atoms with E-state index in [-0.39, 0.29) is 16.8 Å². The fourth-order valence-electron chi connectivity index (χ4n) is 1.43. The van der Waals surface area contributed by atoms with Gasteiger partial charge in [-0.25, -0.2) is 4.98 Å². The van der Waals surface area contributed by atoms with Gasteiger partial charge < -0.3 is 4.74 Å². The normalized spacial score (nSPS) is 12.5. The zero-order valence-electron chi connectivity index (χ0n) is 10.5. The highest BCUT2D eigenvalue weighted by Gasteiger charge is 2.21. The first-order valence-electron chi connectivity index (χ1n) is 5.83. The number of ether oxygens (including phenoxy) is 1. The van der Waals surface area contributed by atoms with Gasteiger partial charge in [-0.2, -0.15) is 4.52 Å². The molecule has 8 heteroatoms. The van der Waals surface area contributed by atoms with Crippen LogP contribution in [0.2, 0.25) is 0 Å². The van der Waals surface area contributed by atoms with Gasteiger partial charge in [0.25, 0.3) is 5.56 Å². The van der Waals surface area contributed by atoms with Crippen LogP contribution in [0.5, 0.6) is 0 Å². The van der Waals surface area contributed by atoms with Crippen LogP contribution in [0.1, 0.15) is 20.3 Å². The van der Waals surface area contributed by atoms with E-state index in [0.29, 0.717) is 22.3 Å². The number of aromatic nitrogens is 3. The fraction of sp³-hybridized carbons (Fsp3) is 0.455. The summed E-state index contributed by atoms with van der Waals surface area (Å²) in [4.78, 5) is 27.8. The molecular weight excluding hydrogens is 286 g/mol. The van der Waals surface area contributed by atoms with E-state index in [0.717, 1.165) is 0 Å². The van der Waals surface area contributed by atoms with Gasteiger partial charge in [-0.3, -0.25) is 9.59 Å². The largest absolute Gasteiger partial charge is 0.465 e. The molecule has 0 amide bonds. The molecule has 0 radical (unpaired) electrons. The third kappa shape index (κ3) is 3.13. The molecule has 0 spiro atoms. The Morgan fingerprint density at radius 3 is 3.00 bits per heavy atom. The molecule has 6 nitrogen and oxygen atoms in total. The molecule has 0 N–H and O–H groups in total. The molecule has 1 atom stereocenters. The number of nitrogens with zero attached hydrogens (tertiary/aromatic N) is 3. The van der Waals surface area contributed by atoms with Crippen LogP contribution in [0.25, 0.3) is 4.96 Å². The number of fused-ring (bicyclic) bond motifs is 1. The van der Waals surface area contributed by atoms with Crippen LogP contribution in [-0.4, -0.2) is 32.4 Å². The highest BCUT2D eigenvalue weighted by atomic mass is 32.2. The average molecular weight is 299 g/mol. The topological polar surface area (TPSA) is 73.6 Å². The van der Waals surface area contributed by atoms with Crippen LogP contribution in [0.4, 0.5) is 0 Å². The molecule has 102 valence electrons. The SMILES string of the molecule is CCOC(=O)C(CC)Sc1nn2c(=O)ccnc2s1. The molecule has 0 aromatic carbocycles. The number of carbonyl (C=O) groups excluding carboxylic acids is 1. The van der Waals surface area contributed by atoms with Crippen molar-refractivity contribution in [1.29, 1.82) is 0 Å². The lowest BCUT2D eigenvalue weighted by Crippen LogP contribution is -2.19. The van der Waals surface area contributed by atoms with Crippen molar-refractivity contribution in [1.82, 2.24) is 14.6 Å². The van der Waals surface area contributed by atoms with Crippen molar-refractivity contribution in [3.63, 3.8) is 0 Å². The van der Waals surface area contributed by atoms with Crippen LogP contribution in [0.15, 0.2) is 21.4 Å². The Morgan fingerprint density at radius 2 is 2.37 bits per heavy atom. The van der Waals surface area contributed by atoms with Gasteiger partial charge in [0.1, 0.15) is 5.25 Å². The Balaban J connectivity index is 2.22. The molecule has 19 heavy (non-hydrogen) atoms. The number of esters is 1. The molecule has 0 saturated heterocycles. The molecule has 2 aromatic heterocycles. The Labute approximate surface area is 117 Å². The summed E-state index contributed by atoms with van der Waals surface area (Å²) in [7, 11) is 0. The summed E-state index contributed by atoms with van der Waals surface area (Å²) in [5, 5.41) is 3.85. The van der Waals surface area contributed by atoms with E-state index in [1.165, 1.54) is 39.9 Å². The van der Waals surface area contributed by atoms with Gasteiger partial charge in [0.15, 0.2) is 4.34 Å².